The van der Waals surface area contributed by atoms with Crippen molar-refractivity contribution in [2.75, 3.05) is 11.0 Å². The Morgan fingerprint density at radius 3 is 2.32 bits per heavy atom. The molecule has 0 aliphatic rings. The molecule has 6 heteroatoms. The van der Waals surface area contributed by atoms with Crippen molar-refractivity contribution < 1.29 is 13.2 Å². The third-order valence-corrected chi connectivity index (χ3v) is 4.84. The second kappa shape index (κ2) is 7.27. The monoisotopic (exact) mass is 360 g/mol. The van der Waals surface area contributed by atoms with Crippen LogP contribution in [0.3, 0.4) is 0 Å². The first-order valence-corrected chi connectivity index (χ1v) is 9.93. The highest BCUT2D eigenvalue weighted by Gasteiger charge is 2.16. The van der Waals surface area contributed by atoms with Crippen LogP contribution in [0.5, 0.6) is 0 Å². The minimum atomic E-state index is -3.40. The van der Waals surface area contributed by atoms with E-state index in [4.69, 9.17) is 0 Å². The lowest BCUT2D eigenvalue weighted by Gasteiger charge is -2.17. The average Bonchev–Trinajstić information content (AvgIpc) is 2.50. The van der Waals surface area contributed by atoms with Gasteiger partial charge in [-0.05, 0) is 62.1 Å². The predicted molar refractivity (Wildman–Crippen MR) is 101 cm³/mol. The first-order chi connectivity index (χ1) is 11.6. The second-order valence-electron chi connectivity index (χ2n) is 6.39. The maximum absolute atomic E-state index is 12.6. The minimum absolute atomic E-state index is 0.155. The Bertz CT molecular complexity index is 905. The first-order valence-electron chi connectivity index (χ1n) is 8.04. The van der Waals surface area contributed by atoms with E-state index in [1.54, 1.807) is 25.1 Å². The number of carbonyl (C=O) groups is 1. The molecule has 0 spiro atoms. The summed E-state index contributed by atoms with van der Waals surface area (Å²) in [6, 6.07) is 10.9. The number of rotatable bonds is 5. The zero-order chi connectivity index (χ0) is 18.8. The van der Waals surface area contributed by atoms with Crippen LogP contribution in [-0.2, 0) is 10.0 Å². The summed E-state index contributed by atoms with van der Waals surface area (Å²) in [5.41, 5.74) is 4.86. The normalized spacial score (nSPS) is 12.5. The molecule has 0 heterocycles. The van der Waals surface area contributed by atoms with Gasteiger partial charge in [-0.3, -0.25) is 9.52 Å². The van der Waals surface area contributed by atoms with Gasteiger partial charge in [0.25, 0.3) is 5.91 Å². The summed E-state index contributed by atoms with van der Waals surface area (Å²) >= 11 is 0. The lowest BCUT2D eigenvalue weighted by Crippen LogP contribution is -2.27. The Morgan fingerprint density at radius 2 is 1.72 bits per heavy atom. The molecule has 0 aliphatic heterocycles. The molecule has 0 radical (unpaired) electrons. The molecule has 2 rings (SSSR count). The molecule has 0 aromatic heterocycles. The Labute approximate surface area is 149 Å². The van der Waals surface area contributed by atoms with E-state index in [9.17, 15) is 13.2 Å². The lowest BCUT2D eigenvalue weighted by atomic mass is 10.0. The van der Waals surface area contributed by atoms with E-state index in [0.29, 0.717) is 16.8 Å². The molecule has 134 valence electrons. The molecule has 5 nitrogen and oxygen atoms in total. The van der Waals surface area contributed by atoms with E-state index in [2.05, 4.69) is 16.1 Å². The number of benzene rings is 2. The summed E-state index contributed by atoms with van der Waals surface area (Å²) < 4.78 is 25.3. The maximum atomic E-state index is 12.6. The van der Waals surface area contributed by atoms with Gasteiger partial charge in [0, 0.05) is 5.56 Å². The van der Waals surface area contributed by atoms with E-state index < -0.39 is 10.0 Å². The number of anilines is 1. The van der Waals surface area contributed by atoms with Crippen LogP contribution in [0.25, 0.3) is 0 Å². The molecule has 2 aromatic carbocycles. The van der Waals surface area contributed by atoms with E-state index >= 15 is 0 Å². The fourth-order valence-corrected chi connectivity index (χ4v) is 3.20. The van der Waals surface area contributed by atoms with Crippen LogP contribution >= 0.6 is 0 Å². The first kappa shape index (κ1) is 19.0. The fraction of sp³-hybridized carbons (Fsp3) is 0.316. The molecule has 0 bridgehead atoms. The summed E-state index contributed by atoms with van der Waals surface area (Å²) in [5, 5.41) is 2.97. The Balaban J connectivity index is 2.23. The highest BCUT2D eigenvalue weighted by Crippen LogP contribution is 2.22. The number of sulfonamides is 1. The van der Waals surface area contributed by atoms with Crippen molar-refractivity contribution in [3.8, 4) is 0 Å². The number of hydrogen-bond acceptors (Lipinski definition) is 3. The van der Waals surface area contributed by atoms with Crippen LogP contribution in [0, 0.1) is 20.8 Å². The highest BCUT2D eigenvalue weighted by molar-refractivity contribution is 7.92. The Morgan fingerprint density at radius 1 is 1.04 bits per heavy atom. The van der Waals surface area contributed by atoms with Crippen molar-refractivity contribution in [1.29, 1.82) is 0 Å². The lowest BCUT2D eigenvalue weighted by molar-refractivity contribution is 0.0939. The largest absolute Gasteiger partial charge is 0.346 e. The zero-order valence-electron chi connectivity index (χ0n) is 15.2. The van der Waals surface area contributed by atoms with Crippen molar-refractivity contribution >= 4 is 21.6 Å². The number of aryl methyl sites for hydroxylation is 2. The van der Waals surface area contributed by atoms with Crippen LogP contribution in [0.1, 0.15) is 45.6 Å². The fourth-order valence-electron chi connectivity index (χ4n) is 2.58. The molecule has 1 amide bonds. The standard InChI is InChI=1S/C19H24N2O3S/c1-12-9-10-16(11-13(12)2)15(4)20-19(22)17-7-6-8-18(14(17)3)21-25(5,23)24/h6-11,15,21H,1-5H3,(H,20,22)/t15-/m1/s1. The zero-order valence-corrected chi connectivity index (χ0v) is 16.0. The predicted octanol–water partition coefficient (Wildman–Crippen LogP) is 3.47. The summed E-state index contributed by atoms with van der Waals surface area (Å²) in [7, 11) is -3.40. The van der Waals surface area contributed by atoms with Crippen LogP contribution in [0.4, 0.5) is 5.69 Å². The number of amides is 1. The van der Waals surface area contributed by atoms with Gasteiger partial charge >= 0.3 is 0 Å². The van der Waals surface area contributed by atoms with Gasteiger partial charge in [-0.15, -0.1) is 0 Å². The van der Waals surface area contributed by atoms with Crippen molar-refractivity contribution in [2.24, 2.45) is 0 Å². The van der Waals surface area contributed by atoms with E-state index in [1.807, 2.05) is 32.9 Å². The van der Waals surface area contributed by atoms with Gasteiger partial charge in [-0.2, -0.15) is 0 Å². The molecule has 2 aromatic rings. The molecule has 0 saturated carbocycles. The smallest absolute Gasteiger partial charge is 0.252 e. The van der Waals surface area contributed by atoms with Gasteiger partial charge in [-0.1, -0.05) is 24.3 Å². The van der Waals surface area contributed by atoms with Gasteiger partial charge in [0.05, 0.1) is 18.0 Å². The highest BCUT2D eigenvalue weighted by atomic mass is 32.2. The summed E-state index contributed by atoms with van der Waals surface area (Å²) in [5.74, 6) is -0.236. The van der Waals surface area contributed by atoms with Gasteiger partial charge in [0.2, 0.25) is 10.0 Å². The summed E-state index contributed by atoms with van der Waals surface area (Å²) in [4.78, 5) is 12.6. The van der Waals surface area contributed by atoms with Gasteiger partial charge in [0.1, 0.15) is 0 Å². The minimum Gasteiger partial charge on any atom is -0.346 e. The van der Waals surface area contributed by atoms with E-state index in [-0.39, 0.29) is 11.9 Å². The maximum Gasteiger partial charge on any atom is 0.252 e. The number of carbonyl (C=O) groups excluding carboxylic acids is 1. The molecule has 2 N–H and O–H groups in total. The molecule has 0 aliphatic carbocycles. The molecule has 0 saturated heterocycles. The SMILES string of the molecule is Cc1ccc([C@@H](C)NC(=O)c2cccc(NS(C)(=O)=O)c2C)cc1C. The number of hydrogen-bond donors (Lipinski definition) is 2. The van der Waals surface area contributed by atoms with Crippen molar-refractivity contribution in [1.82, 2.24) is 5.32 Å². The molecular formula is C19H24N2O3S. The van der Waals surface area contributed by atoms with Gasteiger partial charge in [-0.25, -0.2) is 8.42 Å². The quantitative estimate of drug-likeness (QED) is 0.857. The Kier molecular flexibility index (Phi) is 5.52. The van der Waals surface area contributed by atoms with Gasteiger partial charge in [0.15, 0.2) is 0 Å². The molecular weight excluding hydrogens is 336 g/mol. The van der Waals surface area contributed by atoms with Crippen LogP contribution < -0.4 is 10.0 Å². The van der Waals surface area contributed by atoms with E-state index in [1.165, 1.54) is 11.1 Å². The Hall–Kier alpha value is -2.34. The van der Waals surface area contributed by atoms with E-state index in [0.717, 1.165) is 11.8 Å². The summed E-state index contributed by atoms with van der Waals surface area (Å²) in [6.07, 6.45) is 1.08. The van der Waals surface area contributed by atoms with Crippen LogP contribution in [0.2, 0.25) is 0 Å². The van der Waals surface area contributed by atoms with Crippen molar-refractivity contribution in [3.05, 3.63) is 64.2 Å². The molecule has 1 atom stereocenters. The third kappa shape index (κ3) is 4.82. The second-order valence-corrected chi connectivity index (χ2v) is 8.14. The average molecular weight is 360 g/mol. The molecule has 0 unspecified atom stereocenters. The molecule has 25 heavy (non-hydrogen) atoms. The third-order valence-electron chi connectivity index (χ3n) is 4.25. The molecule has 0 fully saturated rings. The van der Waals surface area contributed by atoms with Crippen molar-refractivity contribution in [3.63, 3.8) is 0 Å². The van der Waals surface area contributed by atoms with Crippen LogP contribution in [-0.4, -0.2) is 20.6 Å². The van der Waals surface area contributed by atoms with Gasteiger partial charge < -0.3 is 5.32 Å². The number of nitrogens with one attached hydrogen (secondary N) is 2. The van der Waals surface area contributed by atoms with Crippen molar-refractivity contribution in [2.45, 2.75) is 33.7 Å². The summed E-state index contributed by atoms with van der Waals surface area (Å²) in [6.45, 7) is 7.74. The van der Waals surface area contributed by atoms with Crippen LogP contribution in [0.15, 0.2) is 36.4 Å². The topological polar surface area (TPSA) is 75.3 Å².